The van der Waals surface area contributed by atoms with Crippen LogP contribution in [0.4, 0.5) is 5.69 Å². The van der Waals surface area contributed by atoms with Gasteiger partial charge in [0.15, 0.2) is 0 Å². The normalized spacial score (nSPS) is 19.6. The number of benzene rings is 1. The Hall–Kier alpha value is -1.62. The summed E-state index contributed by atoms with van der Waals surface area (Å²) in [5, 5.41) is 10.7. The molecular weight excluding hydrogens is 184 g/mol. The molecule has 1 aliphatic rings. The highest BCUT2D eigenvalue weighted by molar-refractivity contribution is 5.52. The largest absolute Gasteiger partial charge is 0.493 e. The molecule has 5 nitrogen and oxygen atoms in total. The van der Waals surface area contributed by atoms with E-state index in [1.54, 1.807) is 12.1 Å². The Morgan fingerprint density at radius 3 is 3.07 bits per heavy atom. The molecular formula is C9H10N2O3. The van der Waals surface area contributed by atoms with Crippen molar-refractivity contribution in [3.8, 4) is 5.75 Å². The fraction of sp³-hybridized carbons (Fsp3) is 0.333. The predicted octanol–water partition coefficient (Wildman–Crippen LogP) is 1.38. The molecule has 0 amide bonds. The van der Waals surface area contributed by atoms with E-state index in [0.717, 1.165) is 0 Å². The number of rotatable bonds is 1. The highest BCUT2D eigenvalue weighted by atomic mass is 16.6. The number of hydrogen-bond donors (Lipinski definition) is 1. The van der Waals surface area contributed by atoms with Crippen molar-refractivity contribution in [3.05, 3.63) is 33.9 Å². The molecule has 2 N–H and O–H groups in total. The van der Waals surface area contributed by atoms with Crippen molar-refractivity contribution >= 4 is 5.69 Å². The van der Waals surface area contributed by atoms with Crippen molar-refractivity contribution in [3.63, 3.8) is 0 Å². The van der Waals surface area contributed by atoms with Crippen LogP contribution in [0, 0.1) is 10.1 Å². The summed E-state index contributed by atoms with van der Waals surface area (Å²) in [6.07, 6.45) is 0.623. The van der Waals surface area contributed by atoms with E-state index in [0.29, 0.717) is 24.3 Å². The van der Waals surface area contributed by atoms with E-state index in [9.17, 15) is 10.1 Å². The highest BCUT2D eigenvalue weighted by Crippen LogP contribution is 2.36. The Labute approximate surface area is 80.6 Å². The van der Waals surface area contributed by atoms with Gasteiger partial charge in [-0.2, -0.15) is 0 Å². The van der Waals surface area contributed by atoms with E-state index in [1.165, 1.54) is 6.07 Å². The van der Waals surface area contributed by atoms with Gasteiger partial charge in [-0.25, -0.2) is 0 Å². The van der Waals surface area contributed by atoms with Gasteiger partial charge in [-0.1, -0.05) is 6.07 Å². The molecule has 0 bridgehead atoms. The fourth-order valence-corrected chi connectivity index (χ4v) is 1.63. The third-order valence-electron chi connectivity index (χ3n) is 2.30. The zero-order chi connectivity index (χ0) is 10.1. The molecule has 0 saturated heterocycles. The Morgan fingerprint density at radius 1 is 1.57 bits per heavy atom. The van der Waals surface area contributed by atoms with Gasteiger partial charge in [0.2, 0.25) is 0 Å². The molecule has 0 saturated carbocycles. The van der Waals surface area contributed by atoms with Crippen molar-refractivity contribution < 1.29 is 9.66 Å². The monoisotopic (exact) mass is 194 g/mol. The number of nitrogens with zero attached hydrogens (tertiary/aromatic N) is 1. The van der Waals surface area contributed by atoms with Crippen LogP contribution in [0.5, 0.6) is 5.75 Å². The van der Waals surface area contributed by atoms with Crippen molar-refractivity contribution in [2.75, 3.05) is 6.61 Å². The van der Waals surface area contributed by atoms with Gasteiger partial charge in [0.25, 0.3) is 5.69 Å². The van der Waals surface area contributed by atoms with Crippen LogP contribution in [0.1, 0.15) is 18.0 Å². The summed E-state index contributed by atoms with van der Waals surface area (Å²) in [6, 6.07) is 4.48. The molecule has 0 unspecified atom stereocenters. The van der Waals surface area contributed by atoms with Gasteiger partial charge >= 0.3 is 0 Å². The Bertz CT molecular complexity index is 378. The second kappa shape index (κ2) is 3.26. The van der Waals surface area contributed by atoms with Gasteiger partial charge in [0, 0.05) is 18.5 Å². The first kappa shape index (κ1) is 8.96. The van der Waals surface area contributed by atoms with Crippen LogP contribution < -0.4 is 10.5 Å². The Balaban J connectivity index is 2.57. The second-order valence-electron chi connectivity index (χ2n) is 3.19. The van der Waals surface area contributed by atoms with Gasteiger partial charge in [-0.05, 0) is 6.07 Å². The molecule has 5 heteroatoms. The topological polar surface area (TPSA) is 78.4 Å². The van der Waals surface area contributed by atoms with E-state index in [-0.39, 0.29) is 11.7 Å². The van der Waals surface area contributed by atoms with Crippen molar-refractivity contribution in [2.24, 2.45) is 5.73 Å². The maximum absolute atomic E-state index is 10.7. The lowest BCUT2D eigenvalue weighted by molar-refractivity contribution is -0.385. The van der Waals surface area contributed by atoms with Gasteiger partial charge in [0.05, 0.1) is 17.1 Å². The molecule has 0 radical (unpaired) electrons. The van der Waals surface area contributed by atoms with Crippen LogP contribution in [0.3, 0.4) is 0 Å². The second-order valence-corrected chi connectivity index (χ2v) is 3.19. The lowest BCUT2D eigenvalue weighted by Crippen LogP contribution is -2.21. The van der Waals surface area contributed by atoms with E-state index in [4.69, 9.17) is 10.5 Å². The average Bonchev–Trinajstić information content (AvgIpc) is 2.17. The van der Waals surface area contributed by atoms with Gasteiger partial charge in [-0.3, -0.25) is 10.1 Å². The minimum atomic E-state index is -0.423. The smallest absolute Gasteiger partial charge is 0.277 e. The minimum absolute atomic E-state index is 0.0506. The molecule has 1 atom stereocenters. The van der Waals surface area contributed by atoms with E-state index < -0.39 is 4.92 Å². The summed E-state index contributed by atoms with van der Waals surface area (Å²) in [4.78, 5) is 10.3. The summed E-state index contributed by atoms with van der Waals surface area (Å²) >= 11 is 0. The van der Waals surface area contributed by atoms with E-state index >= 15 is 0 Å². The number of nitrogens with two attached hydrogens (primary N) is 1. The third kappa shape index (κ3) is 1.31. The maximum atomic E-state index is 10.7. The third-order valence-corrected chi connectivity index (χ3v) is 2.30. The van der Waals surface area contributed by atoms with Gasteiger partial charge in [-0.15, -0.1) is 0 Å². The van der Waals surface area contributed by atoms with Crippen LogP contribution in [0.15, 0.2) is 18.2 Å². The van der Waals surface area contributed by atoms with Crippen LogP contribution >= 0.6 is 0 Å². The number of fused-ring (bicyclic) bond motifs is 1. The first-order chi connectivity index (χ1) is 6.70. The summed E-state index contributed by atoms with van der Waals surface area (Å²) in [5.74, 6) is 0.540. The van der Waals surface area contributed by atoms with Gasteiger partial charge in [0.1, 0.15) is 5.75 Å². The van der Waals surface area contributed by atoms with E-state index in [1.807, 2.05) is 0 Å². The minimum Gasteiger partial charge on any atom is -0.493 e. The number of nitro groups is 1. The molecule has 14 heavy (non-hydrogen) atoms. The van der Waals surface area contributed by atoms with Crippen LogP contribution in [0.2, 0.25) is 0 Å². The van der Waals surface area contributed by atoms with Crippen molar-refractivity contribution in [1.82, 2.24) is 0 Å². The van der Waals surface area contributed by atoms with Gasteiger partial charge < -0.3 is 10.5 Å². The molecule has 2 rings (SSSR count). The summed E-state index contributed by atoms with van der Waals surface area (Å²) in [5.41, 5.74) is 6.37. The summed E-state index contributed by atoms with van der Waals surface area (Å²) in [6.45, 7) is 0.523. The van der Waals surface area contributed by atoms with E-state index in [2.05, 4.69) is 0 Å². The molecule has 0 fully saturated rings. The maximum Gasteiger partial charge on any atom is 0.277 e. The molecule has 1 heterocycles. The molecule has 1 aromatic rings. The molecule has 1 aliphatic heterocycles. The SMILES string of the molecule is N[C@@H]1CCOc2cccc([N+](=O)[O-])c21. The molecule has 74 valence electrons. The van der Waals surface area contributed by atoms with Crippen LogP contribution in [-0.4, -0.2) is 11.5 Å². The Kier molecular flexibility index (Phi) is 2.09. The molecule has 0 aliphatic carbocycles. The lowest BCUT2D eigenvalue weighted by atomic mass is 10.00. The quantitative estimate of drug-likeness (QED) is 0.541. The van der Waals surface area contributed by atoms with Crippen molar-refractivity contribution in [2.45, 2.75) is 12.5 Å². The first-order valence-corrected chi connectivity index (χ1v) is 4.36. The van der Waals surface area contributed by atoms with Crippen molar-refractivity contribution in [1.29, 1.82) is 0 Å². The standard InChI is InChI=1S/C9H10N2O3/c10-6-4-5-14-8-3-1-2-7(9(6)8)11(12)13/h1-3,6H,4-5,10H2/t6-/m1/s1. The molecule has 1 aromatic carbocycles. The molecule has 0 aromatic heterocycles. The van der Waals surface area contributed by atoms with Crippen LogP contribution in [0.25, 0.3) is 0 Å². The van der Waals surface area contributed by atoms with Crippen LogP contribution in [-0.2, 0) is 0 Å². The number of ether oxygens (including phenoxy) is 1. The summed E-state index contributed by atoms with van der Waals surface area (Å²) in [7, 11) is 0. The fourth-order valence-electron chi connectivity index (χ4n) is 1.63. The first-order valence-electron chi connectivity index (χ1n) is 4.36. The number of hydrogen-bond acceptors (Lipinski definition) is 4. The summed E-state index contributed by atoms with van der Waals surface area (Å²) < 4.78 is 5.30. The zero-order valence-corrected chi connectivity index (χ0v) is 7.47. The predicted molar refractivity (Wildman–Crippen MR) is 50.1 cm³/mol. The number of nitro benzene ring substituents is 1. The molecule has 0 spiro atoms. The average molecular weight is 194 g/mol. The lowest BCUT2D eigenvalue weighted by Gasteiger charge is -2.22. The Morgan fingerprint density at radius 2 is 2.36 bits per heavy atom. The highest BCUT2D eigenvalue weighted by Gasteiger charge is 2.26. The zero-order valence-electron chi connectivity index (χ0n) is 7.47.